The predicted octanol–water partition coefficient (Wildman–Crippen LogP) is 3.99. The number of anilines is 1. The zero-order chi connectivity index (χ0) is 23.1. The molecule has 9 heteroatoms. The molecule has 0 fully saturated rings. The molecule has 0 saturated heterocycles. The third-order valence-corrected chi connectivity index (χ3v) is 5.19. The number of hydroxylamine groups is 2. The van der Waals surface area contributed by atoms with Crippen molar-refractivity contribution in [2.45, 2.75) is 13.1 Å². The molecule has 1 amide bonds. The molecule has 0 aliphatic carbocycles. The SMILES string of the molecule is COc1ccc(CN(Cc2ccc(OC)cc2)c2cc(C(=O)N(C)OC)c(Cl)nn2)cc1. The molecule has 0 bridgehead atoms. The van der Waals surface area contributed by atoms with Gasteiger partial charge in [-0.3, -0.25) is 9.63 Å². The van der Waals surface area contributed by atoms with Crippen LogP contribution in [0.15, 0.2) is 54.6 Å². The van der Waals surface area contributed by atoms with Crippen LogP contribution in [0, 0.1) is 0 Å². The lowest BCUT2D eigenvalue weighted by Crippen LogP contribution is -2.28. The molecular weight excluding hydrogens is 432 g/mol. The first-order chi connectivity index (χ1) is 15.4. The van der Waals surface area contributed by atoms with Gasteiger partial charge in [0.2, 0.25) is 0 Å². The van der Waals surface area contributed by atoms with Crippen LogP contribution in [0.2, 0.25) is 5.15 Å². The molecule has 0 aliphatic rings. The molecule has 0 atom stereocenters. The lowest BCUT2D eigenvalue weighted by molar-refractivity contribution is -0.0757. The van der Waals surface area contributed by atoms with Crippen LogP contribution in [0.3, 0.4) is 0 Å². The van der Waals surface area contributed by atoms with Gasteiger partial charge in [0.1, 0.15) is 11.5 Å². The maximum atomic E-state index is 12.6. The van der Waals surface area contributed by atoms with Crippen LogP contribution >= 0.6 is 11.6 Å². The minimum atomic E-state index is -0.414. The van der Waals surface area contributed by atoms with Crippen molar-refractivity contribution in [3.63, 3.8) is 0 Å². The van der Waals surface area contributed by atoms with E-state index >= 15 is 0 Å². The predicted molar refractivity (Wildman–Crippen MR) is 122 cm³/mol. The minimum absolute atomic E-state index is 0.0106. The second-order valence-corrected chi connectivity index (χ2v) is 7.30. The van der Waals surface area contributed by atoms with Gasteiger partial charge >= 0.3 is 0 Å². The fourth-order valence-electron chi connectivity index (χ4n) is 3.04. The van der Waals surface area contributed by atoms with Crippen molar-refractivity contribution in [3.8, 4) is 11.5 Å². The standard InChI is InChI=1S/C23H25ClN4O4/c1-27(32-4)23(29)20-13-21(25-26-22(20)24)28(14-16-5-9-18(30-2)10-6-16)15-17-7-11-19(31-3)12-8-17/h5-13H,14-15H2,1-4H3. The quantitative estimate of drug-likeness (QED) is 0.450. The number of amides is 1. The maximum Gasteiger partial charge on any atom is 0.280 e. The number of halogens is 1. The average Bonchev–Trinajstić information content (AvgIpc) is 2.84. The Morgan fingerprint density at radius 2 is 1.38 bits per heavy atom. The van der Waals surface area contributed by atoms with Crippen molar-refractivity contribution in [3.05, 3.63) is 76.4 Å². The van der Waals surface area contributed by atoms with Gasteiger partial charge in [-0.05, 0) is 41.5 Å². The van der Waals surface area contributed by atoms with Gasteiger partial charge in [-0.15, -0.1) is 10.2 Å². The first kappa shape index (κ1) is 23.3. The number of methoxy groups -OCH3 is 2. The number of carbonyl (C=O) groups excluding carboxylic acids is 1. The molecule has 0 N–H and O–H groups in total. The Kier molecular flexibility index (Phi) is 7.86. The van der Waals surface area contributed by atoms with E-state index in [4.69, 9.17) is 25.9 Å². The van der Waals surface area contributed by atoms with E-state index in [9.17, 15) is 4.79 Å². The topological polar surface area (TPSA) is 77.0 Å². The number of benzene rings is 2. The number of carbonyl (C=O) groups is 1. The fourth-order valence-corrected chi connectivity index (χ4v) is 3.22. The molecule has 0 aliphatic heterocycles. The van der Waals surface area contributed by atoms with E-state index in [0.717, 1.165) is 27.7 Å². The van der Waals surface area contributed by atoms with Gasteiger partial charge in [0.15, 0.2) is 11.0 Å². The largest absolute Gasteiger partial charge is 0.497 e. The van der Waals surface area contributed by atoms with Gasteiger partial charge in [0.25, 0.3) is 5.91 Å². The highest BCUT2D eigenvalue weighted by Crippen LogP contribution is 2.24. The van der Waals surface area contributed by atoms with Crippen LogP contribution in [0.5, 0.6) is 11.5 Å². The van der Waals surface area contributed by atoms with Crippen LogP contribution in [-0.2, 0) is 17.9 Å². The Hall–Kier alpha value is -3.36. The van der Waals surface area contributed by atoms with E-state index in [0.29, 0.717) is 18.9 Å². The van der Waals surface area contributed by atoms with E-state index in [1.165, 1.54) is 14.2 Å². The molecule has 0 unspecified atom stereocenters. The summed E-state index contributed by atoms with van der Waals surface area (Å²) in [4.78, 5) is 19.6. The summed E-state index contributed by atoms with van der Waals surface area (Å²) < 4.78 is 10.5. The summed E-state index contributed by atoms with van der Waals surface area (Å²) in [7, 11) is 6.17. The summed E-state index contributed by atoms with van der Waals surface area (Å²) in [6.07, 6.45) is 0. The number of hydrogen-bond acceptors (Lipinski definition) is 7. The van der Waals surface area contributed by atoms with Gasteiger partial charge in [-0.2, -0.15) is 0 Å². The number of ether oxygens (including phenoxy) is 2. The molecular formula is C23H25ClN4O4. The summed E-state index contributed by atoms with van der Waals surface area (Å²) in [5.74, 6) is 1.64. The van der Waals surface area contributed by atoms with Crippen LogP contribution < -0.4 is 14.4 Å². The van der Waals surface area contributed by atoms with Crippen molar-refractivity contribution in [1.29, 1.82) is 0 Å². The molecule has 3 aromatic rings. The van der Waals surface area contributed by atoms with Crippen molar-refractivity contribution < 1.29 is 19.1 Å². The second kappa shape index (κ2) is 10.8. The number of hydrogen-bond donors (Lipinski definition) is 0. The first-order valence-electron chi connectivity index (χ1n) is 9.81. The van der Waals surface area contributed by atoms with Gasteiger partial charge in [-0.1, -0.05) is 35.9 Å². The van der Waals surface area contributed by atoms with E-state index < -0.39 is 5.91 Å². The van der Waals surface area contributed by atoms with Crippen LogP contribution in [0.1, 0.15) is 21.5 Å². The smallest absolute Gasteiger partial charge is 0.280 e. The molecule has 8 nitrogen and oxygen atoms in total. The van der Waals surface area contributed by atoms with Crippen LogP contribution in [0.25, 0.3) is 0 Å². The molecule has 168 valence electrons. The van der Waals surface area contributed by atoms with E-state index in [2.05, 4.69) is 10.2 Å². The molecule has 1 heterocycles. The summed E-state index contributed by atoms with van der Waals surface area (Å²) >= 11 is 6.16. The molecule has 32 heavy (non-hydrogen) atoms. The number of aromatic nitrogens is 2. The summed E-state index contributed by atoms with van der Waals surface area (Å²) in [5.41, 5.74) is 2.28. The van der Waals surface area contributed by atoms with E-state index in [1.807, 2.05) is 53.4 Å². The zero-order valence-electron chi connectivity index (χ0n) is 18.4. The third-order valence-electron chi connectivity index (χ3n) is 4.92. The van der Waals surface area contributed by atoms with Crippen molar-refractivity contribution in [1.82, 2.24) is 15.3 Å². The van der Waals surface area contributed by atoms with Crippen molar-refractivity contribution in [2.75, 3.05) is 33.3 Å². The summed E-state index contributed by atoms with van der Waals surface area (Å²) in [5, 5.41) is 9.35. The summed E-state index contributed by atoms with van der Waals surface area (Å²) in [6, 6.07) is 17.1. The van der Waals surface area contributed by atoms with Crippen molar-refractivity contribution in [2.24, 2.45) is 0 Å². The highest BCUT2D eigenvalue weighted by molar-refractivity contribution is 6.32. The van der Waals surface area contributed by atoms with Gasteiger partial charge in [-0.25, -0.2) is 5.06 Å². The lowest BCUT2D eigenvalue weighted by atomic mass is 10.1. The lowest BCUT2D eigenvalue weighted by Gasteiger charge is -2.25. The second-order valence-electron chi connectivity index (χ2n) is 6.94. The van der Waals surface area contributed by atoms with Gasteiger partial charge in [0.05, 0.1) is 26.9 Å². The van der Waals surface area contributed by atoms with Crippen LogP contribution in [0.4, 0.5) is 5.82 Å². The maximum absolute atomic E-state index is 12.6. The monoisotopic (exact) mass is 456 g/mol. The fraction of sp³-hybridized carbons (Fsp3) is 0.261. The van der Waals surface area contributed by atoms with E-state index in [1.54, 1.807) is 20.3 Å². The Bertz CT molecular complexity index is 995. The Labute approximate surface area is 192 Å². The molecule has 1 aromatic heterocycles. The Morgan fingerprint density at radius 3 is 1.81 bits per heavy atom. The molecule has 0 radical (unpaired) electrons. The molecule has 2 aromatic carbocycles. The zero-order valence-corrected chi connectivity index (χ0v) is 19.2. The van der Waals surface area contributed by atoms with Gasteiger partial charge < -0.3 is 14.4 Å². The van der Waals surface area contributed by atoms with E-state index in [-0.39, 0.29) is 10.7 Å². The Balaban J connectivity index is 1.95. The summed E-state index contributed by atoms with van der Waals surface area (Å²) in [6.45, 7) is 1.06. The van der Waals surface area contributed by atoms with Crippen molar-refractivity contribution >= 4 is 23.3 Å². The molecule has 0 spiro atoms. The molecule has 0 saturated carbocycles. The third kappa shape index (κ3) is 5.66. The number of rotatable bonds is 9. The highest BCUT2D eigenvalue weighted by atomic mass is 35.5. The molecule has 3 rings (SSSR count). The average molecular weight is 457 g/mol. The Morgan fingerprint density at radius 1 is 0.875 bits per heavy atom. The minimum Gasteiger partial charge on any atom is -0.497 e. The normalized spacial score (nSPS) is 10.5. The van der Waals surface area contributed by atoms with Gasteiger partial charge in [0, 0.05) is 20.1 Å². The number of nitrogens with zero attached hydrogens (tertiary/aromatic N) is 4. The first-order valence-corrected chi connectivity index (χ1v) is 10.2. The highest BCUT2D eigenvalue weighted by Gasteiger charge is 2.20. The van der Waals surface area contributed by atoms with Crippen LogP contribution in [-0.4, -0.2) is 49.5 Å².